The van der Waals surface area contributed by atoms with Crippen molar-refractivity contribution >= 4 is 0 Å². The Bertz CT molecular complexity index is 238. The molecule has 0 aromatic carbocycles. The van der Waals surface area contributed by atoms with Gasteiger partial charge in [0.05, 0.1) is 0 Å². The van der Waals surface area contributed by atoms with Crippen LogP contribution in [0.25, 0.3) is 0 Å². The number of nitrogens with one attached hydrogen (secondary N) is 1. The Morgan fingerprint density at radius 3 is 2.63 bits per heavy atom. The van der Waals surface area contributed by atoms with E-state index in [-0.39, 0.29) is 0 Å². The number of nitrogens with zero attached hydrogens (tertiary/aromatic N) is 2. The summed E-state index contributed by atoms with van der Waals surface area (Å²) in [5.74, 6) is 0. The number of hydrogen-bond acceptors (Lipinski definition) is 3. The van der Waals surface area contributed by atoms with E-state index in [1.807, 2.05) is 0 Å². The second-order valence-electron chi connectivity index (χ2n) is 6.64. The third-order valence-corrected chi connectivity index (χ3v) is 4.84. The molecule has 1 atom stereocenters. The molecule has 1 N–H and O–H groups in total. The molecule has 2 aliphatic rings. The molecule has 1 heterocycles. The van der Waals surface area contributed by atoms with Crippen LogP contribution in [-0.2, 0) is 0 Å². The lowest BCUT2D eigenvalue weighted by molar-refractivity contribution is 0.198. The van der Waals surface area contributed by atoms with Gasteiger partial charge in [-0.1, -0.05) is 19.3 Å². The van der Waals surface area contributed by atoms with Crippen LogP contribution in [0.3, 0.4) is 0 Å². The highest BCUT2D eigenvalue weighted by Crippen LogP contribution is 2.17. The Labute approximate surface area is 119 Å². The summed E-state index contributed by atoms with van der Waals surface area (Å²) >= 11 is 0. The molecule has 1 saturated carbocycles. The third kappa shape index (κ3) is 5.41. The van der Waals surface area contributed by atoms with Crippen molar-refractivity contribution in [2.24, 2.45) is 0 Å². The normalized spacial score (nSPS) is 28.4. The molecule has 0 radical (unpaired) electrons. The van der Waals surface area contributed by atoms with Gasteiger partial charge in [0, 0.05) is 18.6 Å². The molecule has 0 amide bonds. The van der Waals surface area contributed by atoms with Gasteiger partial charge in [0.15, 0.2) is 0 Å². The van der Waals surface area contributed by atoms with Crippen molar-refractivity contribution < 1.29 is 0 Å². The Morgan fingerprint density at radius 2 is 1.84 bits per heavy atom. The van der Waals surface area contributed by atoms with E-state index in [0.717, 1.165) is 12.1 Å². The standard InChI is InChI=1S/C16H33N3/c1-15-14-18(2)11-7-13-19(15)12-6-10-17-16-8-4-3-5-9-16/h15-17H,3-14H2,1-2H3. The van der Waals surface area contributed by atoms with Gasteiger partial charge in [0.25, 0.3) is 0 Å². The van der Waals surface area contributed by atoms with Crippen LogP contribution in [0.5, 0.6) is 0 Å². The smallest absolute Gasteiger partial charge is 0.0194 e. The summed E-state index contributed by atoms with van der Waals surface area (Å²) < 4.78 is 0. The minimum absolute atomic E-state index is 0.724. The van der Waals surface area contributed by atoms with Crippen LogP contribution < -0.4 is 5.32 Å². The summed E-state index contributed by atoms with van der Waals surface area (Å²) in [6, 6.07) is 1.55. The zero-order valence-electron chi connectivity index (χ0n) is 13.0. The number of likely N-dealkylation sites (N-methyl/N-ethyl adjacent to an activating group) is 1. The Kier molecular flexibility index (Phi) is 6.62. The average Bonchev–Trinajstić information content (AvgIpc) is 2.57. The first-order chi connectivity index (χ1) is 9.25. The van der Waals surface area contributed by atoms with Crippen LogP contribution in [-0.4, -0.2) is 61.7 Å². The van der Waals surface area contributed by atoms with Crippen molar-refractivity contribution in [2.45, 2.75) is 64.0 Å². The van der Waals surface area contributed by atoms with E-state index in [1.165, 1.54) is 77.7 Å². The fourth-order valence-corrected chi connectivity index (χ4v) is 3.65. The molecule has 3 nitrogen and oxygen atoms in total. The van der Waals surface area contributed by atoms with Crippen molar-refractivity contribution in [2.75, 3.05) is 39.8 Å². The molecule has 1 saturated heterocycles. The van der Waals surface area contributed by atoms with E-state index in [4.69, 9.17) is 0 Å². The summed E-state index contributed by atoms with van der Waals surface area (Å²) in [6.45, 7) is 8.65. The Morgan fingerprint density at radius 1 is 1.05 bits per heavy atom. The Balaban J connectivity index is 1.59. The van der Waals surface area contributed by atoms with Crippen molar-refractivity contribution in [3.63, 3.8) is 0 Å². The summed E-state index contributed by atoms with van der Waals surface area (Å²) in [4.78, 5) is 5.16. The van der Waals surface area contributed by atoms with E-state index in [0.29, 0.717) is 0 Å². The van der Waals surface area contributed by atoms with Crippen LogP contribution in [0, 0.1) is 0 Å². The molecule has 0 bridgehead atoms. The van der Waals surface area contributed by atoms with E-state index >= 15 is 0 Å². The van der Waals surface area contributed by atoms with E-state index < -0.39 is 0 Å². The molecule has 112 valence electrons. The molecule has 19 heavy (non-hydrogen) atoms. The molecule has 0 aromatic heterocycles. The lowest BCUT2D eigenvalue weighted by Gasteiger charge is -2.28. The highest BCUT2D eigenvalue weighted by molar-refractivity contribution is 4.76. The molecule has 0 spiro atoms. The van der Waals surface area contributed by atoms with Crippen molar-refractivity contribution in [3.8, 4) is 0 Å². The number of hydrogen-bond donors (Lipinski definition) is 1. The molecule has 1 aliphatic heterocycles. The average molecular weight is 267 g/mol. The first-order valence-corrected chi connectivity index (χ1v) is 8.41. The molecule has 1 aliphatic carbocycles. The SMILES string of the molecule is CC1CN(C)CCCN1CCCNC1CCCCC1. The fourth-order valence-electron chi connectivity index (χ4n) is 3.65. The lowest BCUT2D eigenvalue weighted by Crippen LogP contribution is -2.40. The highest BCUT2D eigenvalue weighted by Gasteiger charge is 2.19. The first-order valence-electron chi connectivity index (χ1n) is 8.41. The van der Waals surface area contributed by atoms with Gasteiger partial charge in [0.1, 0.15) is 0 Å². The van der Waals surface area contributed by atoms with Gasteiger partial charge in [-0.25, -0.2) is 0 Å². The van der Waals surface area contributed by atoms with Gasteiger partial charge in [-0.3, -0.25) is 4.90 Å². The fraction of sp³-hybridized carbons (Fsp3) is 1.00. The summed E-state index contributed by atoms with van der Waals surface area (Å²) in [5.41, 5.74) is 0. The highest BCUT2D eigenvalue weighted by atomic mass is 15.2. The lowest BCUT2D eigenvalue weighted by atomic mass is 9.95. The minimum Gasteiger partial charge on any atom is -0.314 e. The van der Waals surface area contributed by atoms with E-state index in [9.17, 15) is 0 Å². The monoisotopic (exact) mass is 267 g/mol. The topological polar surface area (TPSA) is 18.5 Å². The Hall–Kier alpha value is -0.120. The van der Waals surface area contributed by atoms with Gasteiger partial charge in [0.2, 0.25) is 0 Å². The van der Waals surface area contributed by atoms with Crippen molar-refractivity contribution in [1.82, 2.24) is 15.1 Å². The van der Waals surface area contributed by atoms with Crippen LogP contribution >= 0.6 is 0 Å². The summed E-state index contributed by atoms with van der Waals surface area (Å²) in [6.07, 6.45) is 9.79. The predicted octanol–water partition coefficient (Wildman–Crippen LogP) is 2.32. The van der Waals surface area contributed by atoms with E-state index in [2.05, 4.69) is 29.1 Å². The first kappa shape index (κ1) is 15.3. The summed E-state index contributed by atoms with van der Waals surface area (Å²) in [5, 5.41) is 3.76. The molecule has 0 aromatic rings. The second-order valence-corrected chi connectivity index (χ2v) is 6.64. The quantitative estimate of drug-likeness (QED) is 0.771. The predicted molar refractivity (Wildman–Crippen MR) is 82.6 cm³/mol. The zero-order valence-corrected chi connectivity index (χ0v) is 13.0. The van der Waals surface area contributed by atoms with Crippen molar-refractivity contribution in [1.29, 1.82) is 0 Å². The van der Waals surface area contributed by atoms with Crippen LogP contribution in [0.4, 0.5) is 0 Å². The summed E-state index contributed by atoms with van der Waals surface area (Å²) in [7, 11) is 2.25. The van der Waals surface area contributed by atoms with Crippen molar-refractivity contribution in [3.05, 3.63) is 0 Å². The minimum atomic E-state index is 0.724. The van der Waals surface area contributed by atoms with Gasteiger partial charge < -0.3 is 10.2 Å². The maximum Gasteiger partial charge on any atom is 0.0194 e. The molecule has 2 fully saturated rings. The third-order valence-electron chi connectivity index (χ3n) is 4.84. The zero-order chi connectivity index (χ0) is 13.5. The van der Waals surface area contributed by atoms with Crippen LogP contribution in [0.1, 0.15) is 51.9 Å². The second kappa shape index (κ2) is 8.23. The molecular formula is C16H33N3. The number of rotatable bonds is 5. The molecule has 2 rings (SSSR count). The largest absolute Gasteiger partial charge is 0.314 e. The van der Waals surface area contributed by atoms with E-state index in [1.54, 1.807) is 0 Å². The molecular weight excluding hydrogens is 234 g/mol. The molecule has 3 heteroatoms. The molecule has 1 unspecified atom stereocenters. The maximum atomic E-state index is 3.76. The van der Waals surface area contributed by atoms with Gasteiger partial charge in [-0.2, -0.15) is 0 Å². The van der Waals surface area contributed by atoms with Gasteiger partial charge >= 0.3 is 0 Å². The maximum absolute atomic E-state index is 3.76. The van der Waals surface area contributed by atoms with Crippen LogP contribution in [0.2, 0.25) is 0 Å². The van der Waals surface area contributed by atoms with Gasteiger partial charge in [-0.15, -0.1) is 0 Å². The van der Waals surface area contributed by atoms with Crippen LogP contribution in [0.15, 0.2) is 0 Å². The van der Waals surface area contributed by atoms with Gasteiger partial charge in [-0.05, 0) is 65.8 Å².